The molecule has 9 heteroatoms. The third kappa shape index (κ3) is 5.32. The van der Waals surface area contributed by atoms with E-state index in [1.54, 1.807) is 12.1 Å². The van der Waals surface area contributed by atoms with Gasteiger partial charge in [-0.2, -0.15) is 0 Å². The normalized spacial score (nSPS) is 11.0. The van der Waals surface area contributed by atoms with Gasteiger partial charge in [-0.25, -0.2) is 4.98 Å². The molecule has 4 rings (SSSR count). The molecule has 0 fully saturated rings. The van der Waals surface area contributed by atoms with Gasteiger partial charge in [-0.15, -0.1) is 0 Å². The molecule has 0 aliphatic carbocycles. The minimum Gasteiger partial charge on any atom is -0.495 e. The molecule has 6 nitrogen and oxygen atoms in total. The fourth-order valence-corrected chi connectivity index (χ4v) is 4.99. The molecule has 1 heterocycles. The first-order chi connectivity index (χ1) is 16.2. The summed E-state index contributed by atoms with van der Waals surface area (Å²) >= 11 is 12.1. The zero-order chi connectivity index (χ0) is 24.4. The van der Waals surface area contributed by atoms with Crippen molar-refractivity contribution >= 4 is 71.9 Å². The Labute approximate surface area is 219 Å². The summed E-state index contributed by atoms with van der Waals surface area (Å²) in [7, 11) is 1.50. The van der Waals surface area contributed by atoms with Gasteiger partial charge in [0.15, 0.2) is 10.7 Å². The zero-order valence-electron chi connectivity index (χ0n) is 18.6. The summed E-state index contributed by atoms with van der Waals surface area (Å²) in [4.78, 5) is 17.4. The minimum atomic E-state index is -0.389. The molecular formula is C25H21Br2N3O3S. The number of anilines is 1. The van der Waals surface area contributed by atoms with E-state index in [0.717, 1.165) is 26.8 Å². The van der Waals surface area contributed by atoms with Crippen molar-refractivity contribution in [3.05, 3.63) is 74.7 Å². The largest absolute Gasteiger partial charge is 0.495 e. The fraction of sp³-hybridized carbons (Fsp3) is 0.160. The van der Waals surface area contributed by atoms with Crippen LogP contribution < -0.4 is 15.4 Å². The number of aromatic nitrogens is 1. The van der Waals surface area contributed by atoms with Crippen LogP contribution in [0, 0.1) is 0 Å². The number of halogens is 2. The van der Waals surface area contributed by atoms with Gasteiger partial charge in [0.1, 0.15) is 11.3 Å². The van der Waals surface area contributed by atoms with Gasteiger partial charge in [0.25, 0.3) is 5.91 Å². The van der Waals surface area contributed by atoms with Crippen LogP contribution in [0.2, 0.25) is 0 Å². The molecule has 4 aromatic rings. The molecule has 2 N–H and O–H groups in total. The second-order valence-electron chi connectivity index (χ2n) is 7.85. The second kappa shape index (κ2) is 10.2. The number of amides is 1. The van der Waals surface area contributed by atoms with E-state index in [4.69, 9.17) is 21.4 Å². The number of nitrogens with one attached hydrogen (secondary N) is 2. The summed E-state index contributed by atoms with van der Waals surface area (Å²) in [6.07, 6.45) is 0. The van der Waals surface area contributed by atoms with E-state index in [2.05, 4.69) is 73.5 Å². The Hall–Kier alpha value is -2.75. The molecule has 3 aromatic carbocycles. The molecule has 0 atom stereocenters. The van der Waals surface area contributed by atoms with Crippen molar-refractivity contribution in [2.45, 2.75) is 19.8 Å². The summed E-state index contributed by atoms with van der Waals surface area (Å²) in [5, 5.41) is 5.87. The molecule has 1 amide bonds. The van der Waals surface area contributed by atoms with Crippen molar-refractivity contribution in [1.29, 1.82) is 0 Å². The predicted molar refractivity (Wildman–Crippen MR) is 146 cm³/mol. The van der Waals surface area contributed by atoms with Crippen molar-refractivity contribution in [1.82, 2.24) is 10.3 Å². The molecule has 0 bridgehead atoms. The number of hydrogen-bond donors (Lipinski definition) is 2. The lowest BCUT2D eigenvalue weighted by Crippen LogP contribution is -2.34. The van der Waals surface area contributed by atoms with Crippen molar-refractivity contribution in [3.8, 4) is 17.2 Å². The Morgan fingerprint density at radius 2 is 1.82 bits per heavy atom. The van der Waals surface area contributed by atoms with E-state index < -0.39 is 0 Å². The van der Waals surface area contributed by atoms with Gasteiger partial charge in [-0.3, -0.25) is 10.1 Å². The quantitative estimate of drug-likeness (QED) is 0.234. The van der Waals surface area contributed by atoms with Gasteiger partial charge in [0.2, 0.25) is 5.89 Å². The Morgan fingerprint density at radius 1 is 1.09 bits per heavy atom. The molecule has 0 aliphatic rings. The summed E-state index contributed by atoms with van der Waals surface area (Å²) < 4.78 is 12.7. The van der Waals surface area contributed by atoms with Crippen LogP contribution in [0.5, 0.6) is 5.75 Å². The highest BCUT2D eigenvalue weighted by Gasteiger charge is 2.17. The molecule has 0 spiro atoms. The molecule has 0 aliphatic heterocycles. The highest BCUT2D eigenvalue weighted by Crippen LogP contribution is 2.33. The topological polar surface area (TPSA) is 76.4 Å². The van der Waals surface area contributed by atoms with Gasteiger partial charge in [0.05, 0.1) is 17.1 Å². The van der Waals surface area contributed by atoms with Crippen LogP contribution in [0.25, 0.3) is 22.6 Å². The van der Waals surface area contributed by atoms with Crippen molar-refractivity contribution in [2.24, 2.45) is 0 Å². The van der Waals surface area contributed by atoms with Crippen LogP contribution in [0.4, 0.5) is 5.69 Å². The maximum absolute atomic E-state index is 12.7. The van der Waals surface area contributed by atoms with Crippen molar-refractivity contribution in [2.75, 3.05) is 12.4 Å². The third-order valence-corrected chi connectivity index (χ3v) is 6.40. The van der Waals surface area contributed by atoms with Crippen LogP contribution >= 0.6 is 44.1 Å². The number of fused-ring (bicyclic) bond motifs is 1. The van der Waals surface area contributed by atoms with Gasteiger partial charge in [-0.05, 0) is 88.2 Å². The molecule has 174 valence electrons. The Morgan fingerprint density at radius 3 is 2.50 bits per heavy atom. The summed E-state index contributed by atoms with van der Waals surface area (Å²) in [6, 6.07) is 17.0. The number of carbonyl (C=O) groups excluding carboxylic acids is 1. The second-order valence-corrected chi connectivity index (χ2v) is 10.0. The molecule has 0 unspecified atom stereocenters. The lowest BCUT2D eigenvalue weighted by Gasteiger charge is -2.13. The predicted octanol–water partition coefficient (Wildman–Crippen LogP) is 7.28. The lowest BCUT2D eigenvalue weighted by molar-refractivity contribution is 0.0974. The Bertz CT molecular complexity index is 1380. The number of hydrogen-bond acceptors (Lipinski definition) is 5. The lowest BCUT2D eigenvalue weighted by atomic mass is 10.0. The summed E-state index contributed by atoms with van der Waals surface area (Å²) in [5.74, 6) is 1.00. The minimum absolute atomic E-state index is 0.166. The van der Waals surface area contributed by atoms with Gasteiger partial charge >= 0.3 is 0 Å². The molecule has 0 radical (unpaired) electrons. The standard InChI is InChI=1S/C25H21Br2N3O3S/c1-13(2)15-6-9-21-20(10-15)29-24(33-21)14-4-7-17(8-5-14)28-25(34)30-23(31)18-11-16(26)12-19(27)22(18)32-3/h4-13H,1-3H3,(H2,28,30,31,34). The highest BCUT2D eigenvalue weighted by atomic mass is 79.9. The number of nitrogens with zero attached hydrogens (tertiary/aromatic N) is 1. The number of methoxy groups -OCH3 is 1. The van der Waals surface area contributed by atoms with Crippen molar-refractivity contribution < 1.29 is 13.9 Å². The monoisotopic (exact) mass is 601 g/mol. The Balaban J connectivity index is 1.45. The van der Waals surface area contributed by atoms with E-state index >= 15 is 0 Å². The zero-order valence-corrected chi connectivity index (χ0v) is 22.6. The number of benzene rings is 3. The fourth-order valence-electron chi connectivity index (χ4n) is 3.39. The van der Waals surface area contributed by atoms with E-state index in [1.807, 2.05) is 30.3 Å². The van der Waals surface area contributed by atoms with E-state index in [9.17, 15) is 4.79 Å². The van der Waals surface area contributed by atoms with Gasteiger partial charge in [0, 0.05) is 15.7 Å². The van der Waals surface area contributed by atoms with Gasteiger partial charge < -0.3 is 14.5 Å². The highest BCUT2D eigenvalue weighted by molar-refractivity contribution is 9.11. The molecule has 1 aromatic heterocycles. The maximum Gasteiger partial charge on any atom is 0.261 e. The first-order valence-corrected chi connectivity index (χ1v) is 12.4. The van der Waals surface area contributed by atoms with E-state index in [1.165, 1.54) is 12.7 Å². The number of thiocarbonyl (C=S) groups is 1. The average molecular weight is 603 g/mol. The third-order valence-electron chi connectivity index (χ3n) is 5.15. The van der Waals surface area contributed by atoms with Gasteiger partial charge in [-0.1, -0.05) is 35.8 Å². The molecular weight excluding hydrogens is 582 g/mol. The van der Waals surface area contributed by atoms with E-state index in [0.29, 0.717) is 27.6 Å². The van der Waals surface area contributed by atoms with Crippen LogP contribution in [-0.4, -0.2) is 23.1 Å². The van der Waals surface area contributed by atoms with Crippen LogP contribution in [-0.2, 0) is 0 Å². The summed E-state index contributed by atoms with van der Waals surface area (Å²) in [5.41, 5.74) is 4.71. The van der Waals surface area contributed by atoms with Crippen molar-refractivity contribution in [3.63, 3.8) is 0 Å². The average Bonchev–Trinajstić information content (AvgIpc) is 3.22. The van der Waals surface area contributed by atoms with Crippen LogP contribution in [0.15, 0.2) is 68.0 Å². The number of rotatable bonds is 5. The first kappa shape index (κ1) is 24.4. The number of oxazole rings is 1. The Kier molecular flexibility index (Phi) is 7.35. The molecule has 0 saturated carbocycles. The number of carbonyl (C=O) groups is 1. The van der Waals surface area contributed by atoms with Crippen LogP contribution in [0.1, 0.15) is 35.7 Å². The van der Waals surface area contributed by atoms with E-state index in [-0.39, 0.29) is 11.0 Å². The summed E-state index contributed by atoms with van der Waals surface area (Å²) in [6.45, 7) is 4.30. The first-order valence-electron chi connectivity index (χ1n) is 10.4. The molecule has 0 saturated heterocycles. The SMILES string of the molecule is COc1c(Br)cc(Br)cc1C(=O)NC(=S)Nc1ccc(-c2nc3cc(C(C)C)ccc3o2)cc1. The molecule has 34 heavy (non-hydrogen) atoms. The maximum atomic E-state index is 12.7. The smallest absolute Gasteiger partial charge is 0.261 e. The van der Waals surface area contributed by atoms with Crippen LogP contribution in [0.3, 0.4) is 0 Å². The number of ether oxygens (including phenoxy) is 1.